The zero-order valence-corrected chi connectivity index (χ0v) is 14.9. The van der Waals surface area contributed by atoms with Gasteiger partial charge in [-0.25, -0.2) is 13.4 Å². The van der Waals surface area contributed by atoms with Gasteiger partial charge in [0.05, 0.1) is 10.4 Å². The van der Waals surface area contributed by atoms with Gasteiger partial charge in [-0.05, 0) is 42.0 Å². The summed E-state index contributed by atoms with van der Waals surface area (Å²) in [4.78, 5) is 8.13. The Balaban J connectivity index is 1.70. The fourth-order valence-electron chi connectivity index (χ4n) is 2.85. The molecule has 0 amide bonds. The van der Waals surface area contributed by atoms with Crippen molar-refractivity contribution in [2.24, 2.45) is 0 Å². The minimum atomic E-state index is -3.20. The first-order valence-electron chi connectivity index (χ1n) is 8.11. The first-order valence-corrected chi connectivity index (χ1v) is 10.0. The van der Waals surface area contributed by atoms with E-state index in [9.17, 15) is 8.42 Å². The normalized spacial score (nSPS) is 11.6. The predicted octanol–water partition coefficient (Wildman–Crippen LogP) is 4.38. The molecule has 0 aliphatic heterocycles. The molecule has 0 aliphatic rings. The molecule has 2 aromatic carbocycles. The largest absolute Gasteiger partial charge is 0.354 e. The van der Waals surface area contributed by atoms with Gasteiger partial charge in [0.25, 0.3) is 0 Å². The molecule has 0 fully saturated rings. The molecule has 5 nitrogen and oxygen atoms in total. The highest BCUT2D eigenvalue weighted by Gasteiger charge is 2.10. The minimum Gasteiger partial charge on any atom is -0.354 e. The summed E-state index contributed by atoms with van der Waals surface area (Å²) >= 11 is 0. The van der Waals surface area contributed by atoms with Gasteiger partial charge in [0.1, 0.15) is 5.82 Å². The van der Waals surface area contributed by atoms with Gasteiger partial charge < -0.3 is 10.3 Å². The van der Waals surface area contributed by atoms with E-state index in [1.165, 1.54) is 6.26 Å². The molecule has 6 heteroatoms. The third-order valence-corrected chi connectivity index (χ3v) is 5.31. The van der Waals surface area contributed by atoms with Crippen LogP contribution >= 0.6 is 0 Å². The lowest BCUT2D eigenvalue weighted by Gasteiger charge is -2.07. The van der Waals surface area contributed by atoms with Crippen LogP contribution in [0.4, 0.5) is 11.5 Å². The van der Waals surface area contributed by atoms with Gasteiger partial charge in [-0.3, -0.25) is 0 Å². The molecule has 0 unspecified atom stereocenters. The van der Waals surface area contributed by atoms with Gasteiger partial charge in [0.2, 0.25) is 0 Å². The zero-order chi connectivity index (χ0) is 18.1. The lowest BCUT2D eigenvalue weighted by atomic mass is 10.1. The van der Waals surface area contributed by atoms with Crippen LogP contribution in [-0.2, 0) is 9.84 Å². The number of aromatic amines is 1. The van der Waals surface area contributed by atoms with E-state index in [-0.39, 0.29) is 0 Å². The number of pyridine rings is 1. The van der Waals surface area contributed by atoms with E-state index >= 15 is 0 Å². The van der Waals surface area contributed by atoms with Gasteiger partial charge >= 0.3 is 0 Å². The number of fused-ring (bicyclic) bond motifs is 1. The molecule has 2 aromatic heterocycles. The van der Waals surface area contributed by atoms with E-state index in [4.69, 9.17) is 0 Å². The summed E-state index contributed by atoms with van der Waals surface area (Å²) in [7, 11) is -3.20. The molecule has 0 bridgehead atoms. The summed E-state index contributed by atoms with van der Waals surface area (Å²) < 4.78 is 23.2. The van der Waals surface area contributed by atoms with Crippen molar-refractivity contribution in [1.29, 1.82) is 0 Å². The fourth-order valence-corrected chi connectivity index (χ4v) is 3.48. The second-order valence-electron chi connectivity index (χ2n) is 6.09. The van der Waals surface area contributed by atoms with Gasteiger partial charge in [-0.1, -0.05) is 30.3 Å². The molecule has 130 valence electrons. The van der Waals surface area contributed by atoms with Crippen LogP contribution in [0.1, 0.15) is 0 Å². The van der Waals surface area contributed by atoms with Crippen molar-refractivity contribution in [3.8, 4) is 11.3 Å². The Kier molecular flexibility index (Phi) is 3.97. The molecule has 26 heavy (non-hydrogen) atoms. The molecule has 0 spiro atoms. The number of anilines is 2. The Labute approximate surface area is 151 Å². The molecule has 0 radical (unpaired) electrons. The van der Waals surface area contributed by atoms with E-state index < -0.39 is 9.84 Å². The number of hydrogen-bond acceptors (Lipinski definition) is 4. The molecule has 4 aromatic rings. The number of rotatable bonds is 4. The van der Waals surface area contributed by atoms with Crippen molar-refractivity contribution in [3.05, 3.63) is 72.9 Å². The van der Waals surface area contributed by atoms with E-state index in [1.807, 2.05) is 24.3 Å². The molecule has 2 heterocycles. The van der Waals surface area contributed by atoms with Crippen molar-refractivity contribution in [1.82, 2.24) is 9.97 Å². The maximum absolute atomic E-state index is 11.6. The van der Waals surface area contributed by atoms with Gasteiger partial charge in [-0.15, -0.1) is 0 Å². The number of benzene rings is 2. The van der Waals surface area contributed by atoms with Gasteiger partial charge in [0, 0.05) is 29.2 Å². The molecule has 4 rings (SSSR count). The topological polar surface area (TPSA) is 74.8 Å². The van der Waals surface area contributed by atoms with Gasteiger partial charge in [0.15, 0.2) is 9.84 Å². The van der Waals surface area contributed by atoms with Crippen molar-refractivity contribution in [2.75, 3.05) is 11.6 Å². The minimum absolute atomic E-state index is 0.294. The smallest absolute Gasteiger partial charge is 0.175 e. The van der Waals surface area contributed by atoms with Crippen LogP contribution in [0.2, 0.25) is 0 Å². The third-order valence-electron chi connectivity index (χ3n) is 4.18. The van der Waals surface area contributed by atoms with Crippen LogP contribution < -0.4 is 5.32 Å². The maximum Gasteiger partial charge on any atom is 0.175 e. The standard InChI is InChI=1S/C20H17N3O2S/c1-26(24,25)16-9-7-15(8-10-16)22-20-17-13-19(14-5-3-2-4-6-14)23-18(17)11-12-21-20/h2-13,23H,1H3,(H,21,22). The molecule has 0 saturated carbocycles. The summed E-state index contributed by atoms with van der Waals surface area (Å²) in [5, 5.41) is 4.24. The molecule has 0 aliphatic carbocycles. The Morgan fingerprint density at radius 2 is 1.69 bits per heavy atom. The van der Waals surface area contributed by atoms with Crippen LogP contribution in [-0.4, -0.2) is 24.6 Å². The summed E-state index contributed by atoms with van der Waals surface area (Å²) in [5.74, 6) is 0.716. The quantitative estimate of drug-likeness (QED) is 0.564. The number of sulfone groups is 1. The van der Waals surface area contributed by atoms with E-state index in [1.54, 1.807) is 30.5 Å². The molecular weight excluding hydrogens is 346 g/mol. The van der Waals surface area contributed by atoms with Crippen molar-refractivity contribution < 1.29 is 8.42 Å². The van der Waals surface area contributed by atoms with Crippen LogP contribution in [0.5, 0.6) is 0 Å². The molecule has 0 saturated heterocycles. The SMILES string of the molecule is CS(=O)(=O)c1ccc(Nc2nccc3[nH]c(-c4ccccc4)cc23)cc1. The van der Waals surface area contributed by atoms with Crippen LogP contribution in [0, 0.1) is 0 Å². The summed E-state index contributed by atoms with van der Waals surface area (Å²) in [5.41, 5.74) is 3.88. The second-order valence-corrected chi connectivity index (χ2v) is 8.11. The monoisotopic (exact) mass is 363 g/mol. The van der Waals surface area contributed by atoms with E-state index in [2.05, 4.69) is 33.5 Å². The number of H-pyrrole nitrogens is 1. The molecular formula is C20H17N3O2S. The Morgan fingerprint density at radius 3 is 2.38 bits per heavy atom. The predicted molar refractivity (Wildman–Crippen MR) is 104 cm³/mol. The lowest BCUT2D eigenvalue weighted by molar-refractivity contribution is 0.602. The van der Waals surface area contributed by atoms with Crippen LogP contribution in [0.3, 0.4) is 0 Å². The number of hydrogen-bond donors (Lipinski definition) is 2. The zero-order valence-electron chi connectivity index (χ0n) is 14.1. The first kappa shape index (κ1) is 16.4. The first-order chi connectivity index (χ1) is 12.5. The average Bonchev–Trinajstić information content (AvgIpc) is 3.08. The summed E-state index contributed by atoms with van der Waals surface area (Å²) in [6.45, 7) is 0. The highest BCUT2D eigenvalue weighted by Crippen LogP contribution is 2.29. The van der Waals surface area contributed by atoms with Gasteiger partial charge in [-0.2, -0.15) is 0 Å². The van der Waals surface area contributed by atoms with E-state index in [0.717, 1.165) is 27.8 Å². The van der Waals surface area contributed by atoms with Crippen LogP contribution in [0.15, 0.2) is 77.8 Å². The van der Waals surface area contributed by atoms with E-state index in [0.29, 0.717) is 10.7 Å². The molecule has 0 atom stereocenters. The highest BCUT2D eigenvalue weighted by molar-refractivity contribution is 7.90. The summed E-state index contributed by atoms with van der Waals surface area (Å²) in [6, 6.07) is 20.7. The number of aromatic nitrogens is 2. The fraction of sp³-hybridized carbons (Fsp3) is 0.0500. The Bertz CT molecular complexity index is 1160. The average molecular weight is 363 g/mol. The van der Waals surface area contributed by atoms with Crippen molar-refractivity contribution in [3.63, 3.8) is 0 Å². The third kappa shape index (κ3) is 3.19. The number of nitrogens with one attached hydrogen (secondary N) is 2. The van der Waals surface area contributed by atoms with Crippen molar-refractivity contribution in [2.45, 2.75) is 4.90 Å². The lowest BCUT2D eigenvalue weighted by Crippen LogP contribution is -1.98. The van der Waals surface area contributed by atoms with Crippen molar-refractivity contribution >= 4 is 32.2 Å². The second kappa shape index (κ2) is 6.31. The maximum atomic E-state index is 11.6. The Morgan fingerprint density at radius 1 is 0.962 bits per heavy atom. The highest BCUT2D eigenvalue weighted by atomic mass is 32.2. The molecule has 2 N–H and O–H groups in total. The van der Waals surface area contributed by atoms with Crippen LogP contribution in [0.25, 0.3) is 22.2 Å². The summed E-state index contributed by atoms with van der Waals surface area (Å²) in [6.07, 6.45) is 2.93. The number of nitrogens with zero attached hydrogens (tertiary/aromatic N) is 1. The Hall–Kier alpha value is -3.12.